The summed E-state index contributed by atoms with van der Waals surface area (Å²) >= 11 is 0. The Morgan fingerprint density at radius 3 is 2.33 bits per heavy atom. The van der Waals surface area contributed by atoms with Crippen molar-refractivity contribution >= 4 is 5.97 Å². The third kappa shape index (κ3) is 3.89. The lowest BCUT2D eigenvalue weighted by Gasteiger charge is -2.16. The van der Waals surface area contributed by atoms with Crippen LogP contribution in [0.4, 0.5) is 13.2 Å². The summed E-state index contributed by atoms with van der Waals surface area (Å²) in [5.74, 6) is -0.865. The van der Waals surface area contributed by atoms with Crippen LogP contribution in [0.5, 0.6) is 5.75 Å². The summed E-state index contributed by atoms with van der Waals surface area (Å²) < 4.78 is 45.9. The summed E-state index contributed by atoms with van der Waals surface area (Å²) in [5.41, 5.74) is -2.44. The van der Waals surface area contributed by atoms with Crippen LogP contribution in [-0.4, -0.2) is 15.7 Å². The van der Waals surface area contributed by atoms with E-state index in [9.17, 15) is 22.8 Å². The third-order valence-corrected chi connectivity index (χ3v) is 3.69. The van der Waals surface area contributed by atoms with E-state index in [4.69, 9.17) is 4.74 Å². The zero-order valence-corrected chi connectivity index (χ0v) is 14.0. The van der Waals surface area contributed by atoms with Gasteiger partial charge in [0.15, 0.2) is 0 Å². The second-order valence-corrected chi connectivity index (χ2v) is 5.63. The van der Waals surface area contributed by atoms with Gasteiger partial charge in [0, 0.05) is 11.8 Å². The smallest absolute Gasteiger partial charge is 0.418 e. The lowest BCUT2D eigenvalue weighted by Crippen LogP contribution is -2.26. The molecule has 0 aliphatic heterocycles. The van der Waals surface area contributed by atoms with Crippen LogP contribution in [0.25, 0.3) is 5.69 Å². The third-order valence-electron chi connectivity index (χ3n) is 3.69. The van der Waals surface area contributed by atoms with Gasteiger partial charge in [-0.2, -0.15) is 18.3 Å². The van der Waals surface area contributed by atoms with E-state index in [0.717, 1.165) is 16.8 Å². The number of rotatable bonds is 3. The summed E-state index contributed by atoms with van der Waals surface area (Å²) in [6.45, 7) is 1.42. The molecule has 3 rings (SSSR count). The van der Waals surface area contributed by atoms with Crippen LogP contribution in [-0.2, 0) is 6.18 Å². The Morgan fingerprint density at radius 2 is 1.67 bits per heavy atom. The Kier molecular flexibility index (Phi) is 4.81. The van der Waals surface area contributed by atoms with E-state index < -0.39 is 28.8 Å². The number of benzene rings is 2. The minimum atomic E-state index is -4.63. The summed E-state index contributed by atoms with van der Waals surface area (Å²) in [6, 6.07) is 13.8. The number of aryl methyl sites for hydroxylation is 1. The van der Waals surface area contributed by atoms with E-state index >= 15 is 0 Å². The van der Waals surface area contributed by atoms with E-state index in [1.54, 1.807) is 18.2 Å². The monoisotopic (exact) mass is 374 g/mol. The maximum Gasteiger partial charge on any atom is 0.418 e. The molecular formula is C19H13F3N2O3. The van der Waals surface area contributed by atoms with Crippen LogP contribution in [0.2, 0.25) is 0 Å². The van der Waals surface area contributed by atoms with Crippen LogP contribution in [0, 0.1) is 6.92 Å². The lowest BCUT2D eigenvalue weighted by atomic mass is 10.1. The molecule has 27 heavy (non-hydrogen) atoms. The predicted octanol–water partition coefficient (Wildman–Crippen LogP) is 3.78. The SMILES string of the molecule is Cc1cc(=O)c(C(=O)Oc2ccccc2)nn1-c1ccccc1C(F)(F)F. The first-order valence-electron chi connectivity index (χ1n) is 7.82. The summed E-state index contributed by atoms with van der Waals surface area (Å²) in [4.78, 5) is 24.4. The molecule has 0 unspecified atom stereocenters. The Labute approximate surface area is 151 Å². The maximum atomic E-state index is 13.3. The first-order chi connectivity index (χ1) is 12.8. The number of nitrogens with zero attached hydrogens (tertiary/aromatic N) is 2. The summed E-state index contributed by atoms with van der Waals surface area (Å²) in [6.07, 6.45) is -4.63. The van der Waals surface area contributed by atoms with Gasteiger partial charge >= 0.3 is 12.1 Å². The highest BCUT2D eigenvalue weighted by Crippen LogP contribution is 2.33. The van der Waals surface area contributed by atoms with E-state index in [-0.39, 0.29) is 17.1 Å². The van der Waals surface area contributed by atoms with Crippen LogP contribution in [0.3, 0.4) is 0 Å². The zero-order chi connectivity index (χ0) is 19.6. The molecule has 0 aliphatic rings. The minimum absolute atomic E-state index is 0.146. The molecule has 0 spiro atoms. The molecule has 0 saturated heterocycles. The number of halogens is 3. The Balaban J connectivity index is 2.09. The molecule has 1 heterocycles. The molecule has 0 aliphatic carbocycles. The van der Waals surface area contributed by atoms with Gasteiger partial charge in [-0.1, -0.05) is 30.3 Å². The second-order valence-electron chi connectivity index (χ2n) is 5.63. The van der Waals surface area contributed by atoms with Crippen molar-refractivity contribution in [3.05, 3.63) is 87.8 Å². The molecule has 0 atom stereocenters. The fourth-order valence-corrected chi connectivity index (χ4v) is 2.47. The topological polar surface area (TPSA) is 61.2 Å². The van der Waals surface area contributed by atoms with Crippen molar-refractivity contribution in [3.63, 3.8) is 0 Å². The van der Waals surface area contributed by atoms with Crippen molar-refractivity contribution in [1.29, 1.82) is 0 Å². The van der Waals surface area contributed by atoms with Crippen molar-refractivity contribution in [2.75, 3.05) is 0 Å². The van der Waals surface area contributed by atoms with Gasteiger partial charge in [-0.05, 0) is 31.2 Å². The van der Waals surface area contributed by atoms with Crippen LogP contribution >= 0.6 is 0 Å². The van der Waals surface area contributed by atoms with Gasteiger partial charge < -0.3 is 4.74 Å². The molecule has 8 heteroatoms. The highest BCUT2D eigenvalue weighted by Gasteiger charge is 2.34. The van der Waals surface area contributed by atoms with E-state index in [0.29, 0.717) is 0 Å². The molecule has 1 aromatic heterocycles. The quantitative estimate of drug-likeness (QED) is 0.517. The van der Waals surface area contributed by atoms with Crippen LogP contribution < -0.4 is 10.2 Å². The number of hydrogen-bond acceptors (Lipinski definition) is 4. The molecule has 0 fully saturated rings. The van der Waals surface area contributed by atoms with Gasteiger partial charge in [0.1, 0.15) is 5.75 Å². The molecule has 0 amide bonds. The number of alkyl halides is 3. The number of para-hydroxylation sites is 2. The molecule has 0 radical (unpaired) electrons. The Hall–Kier alpha value is -3.42. The molecule has 3 aromatic rings. The van der Waals surface area contributed by atoms with Crippen LogP contribution in [0.1, 0.15) is 21.7 Å². The molecule has 0 bridgehead atoms. The number of carbonyl (C=O) groups is 1. The van der Waals surface area contributed by atoms with Crippen LogP contribution in [0.15, 0.2) is 65.5 Å². The number of aromatic nitrogens is 2. The van der Waals surface area contributed by atoms with Crippen molar-refractivity contribution in [3.8, 4) is 11.4 Å². The van der Waals surface area contributed by atoms with Gasteiger partial charge in [-0.25, -0.2) is 9.48 Å². The highest BCUT2D eigenvalue weighted by molar-refractivity contribution is 5.88. The van der Waals surface area contributed by atoms with Crippen molar-refractivity contribution in [1.82, 2.24) is 9.78 Å². The molecular weight excluding hydrogens is 361 g/mol. The van der Waals surface area contributed by atoms with Crippen molar-refractivity contribution < 1.29 is 22.7 Å². The van der Waals surface area contributed by atoms with E-state index in [1.165, 1.54) is 37.3 Å². The Bertz CT molecular complexity index is 1040. The Morgan fingerprint density at radius 1 is 1.04 bits per heavy atom. The lowest BCUT2D eigenvalue weighted by molar-refractivity contribution is -0.137. The average molecular weight is 374 g/mol. The molecule has 2 aromatic carbocycles. The number of esters is 1. The first-order valence-corrected chi connectivity index (χ1v) is 7.82. The van der Waals surface area contributed by atoms with Crippen molar-refractivity contribution in [2.45, 2.75) is 13.1 Å². The number of carbonyl (C=O) groups excluding carboxylic acids is 1. The fraction of sp³-hybridized carbons (Fsp3) is 0.105. The van der Waals surface area contributed by atoms with Gasteiger partial charge in [0.2, 0.25) is 11.1 Å². The summed E-state index contributed by atoms with van der Waals surface area (Å²) in [7, 11) is 0. The normalized spacial score (nSPS) is 11.3. The minimum Gasteiger partial charge on any atom is -0.422 e. The maximum absolute atomic E-state index is 13.3. The second kappa shape index (κ2) is 7.06. The van der Waals surface area contributed by atoms with Crippen molar-refractivity contribution in [2.24, 2.45) is 0 Å². The zero-order valence-electron chi connectivity index (χ0n) is 14.0. The predicted molar refractivity (Wildman–Crippen MR) is 91.0 cm³/mol. The van der Waals surface area contributed by atoms with E-state index in [2.05, 4.69) is 5.10 Å². The standard InChI is InChI=1S/C19H13F3N2O3/c1-12-11-16(25)17(18(26)27-13-7-3-2-4-8-13)23-24(12)15-10-6-5-9-14(15)19(20,21)22/h2-11H,1H3. The molecule has 0 saturated carbocycles. The van der Waals surface area contributed by atoms with Gasteiger partial charge in [-0.15, -0.1) is 0 Å². The number of ether oxygens (including phenoxy) is 1. The molecule has 5 nitrogen and oxygen atoms in total. The largest absolute Gasteiger partial charge is 0.422 e. The van der Waals surface area contributed by atoms with Gasteiger partial charge in [0.05, 0.1) is 11.3 Å². The average Bonchev–Trinajstić information content (AvgIpc) is 2.62. The first kappa shape index (κ1) is 18.4. The molecule has 138 valence electrons. The van der Waals surface area contributed by atoms with E-state index in [1.807, 2.05) is 0 Å². The number of hydrogen-bond donors (Lipinski definition) is 0. The van der Waals surface area contributed by atoms with Gasteiger partial charge in [0.25, 0.3) is 0 Å². The molecule has 0 N–H and O–H groups in total. The fourth-order valence-electron chi connectivity index (χ4n) is 2.47. The van der Waals surface area contributed by atoms with Gasteiger partial charge in [-0.3, -0.25) is 4.79 Å². The highest BCUT2D eigenvalue weighted by atomic mass is 19.4. The summed E-state index contributed by atoms with van der Waals surface area (Å²) in [5, 5.41) is 3.84.